The molecule has 300 valence electrons. The first kappa shape index (κ1) is 41.2. The molecule has 0 spiro atoms. The van der Waals surface area contributed by atoms with E-state index in [-0.39, 0.29) is 60.0 Å². The lowest BCUT2D eigenvalue weighted by Crippen LogP contribution is -2.62. The van der Waals surface area contributed by atoms with E-state index < -0.39 is 40.7 Å². The van der Waals surface area contributed by atoms with Crippen LogP contribution in [0.4, 0.5) is 0 Å². The van der Waals surface area contributed by atoms with Crippen molar-refractivity contribution in [3.63, 3.8) is 0 Å². The highest BCUT2D eigenvalue weighted by molar-refractivity contribution is 5.83. The standard InChI is InChI=1S/C40H60N4O10/c1-24(45)53-31-23-40(51)29-13-12-26-22-27(14-17-38(26,2)28(29)15-18-39(40,3)35(31)25-16-20-52-34(48)21-25)54-33(47)11-7-5-4-6-10-32(46)44-30(36(49)50)9-8-19-43-37(41)42/h16,20-21,26-31,35,51H,4-15,17-19,22-23H2,1-3H3,(H,44,46)(H,49,50)(H4,41,42,43). The second-order valence-electron chi connectivity index (χ2n) is 16.8. The van der Waals surface area contributed by atoms with E-state index in [1.807, 2.05) is 0 Å². The van der Waals surface area contributed by atoms with Crippen molar-refractivity contribution in [2.75, 3.05) is 6.54 Å². The van der Waals surface area contributed by atoms with Gasteiger partial charge >= 0.3 is 23.5 Å². The van der Waals surface area contributed by atoms with E-state index in [4.69, 9.17) is 25.4 Å². The van der Waals surface area contributed by atoms with Crippen LogP contribution in [0.15, 0.2) is 32.6 Å². The van der Waals surface area contributed by atoms with Gasteiger partial charge in [-0.1, -0.05) is 26.7 Å². The average Bonchev–Trinajstić information content (AvgIpc) is 3.32. The van der Waals surface area contributed by atoms with Gasteiger partial charge in [0.1, 0.15) is 18.2 Å². The van der Waals surface area contributed by atoms with E-state index in [0.29, 0.717) is 44.6 Å². The number of nitrogens with one attached hydrogen (secondary N) is 1. The molecule has 14 nitrogen and oxygen atoms in total. The van der Waals surface area contributed by atoms with E-state index in [1.54, 1.807) is 6.07 Å². The zero-order valence-corrected chi connectivity index (χ0v) is 32.1. The van der Waals surface area contributed by atoms with Gasteiger partial charge in [-0.05, 0) is 105 Å². The van der Waals surface area contributed by atoms with Crippen molar-refractivity contribution in [2.45, 2.75) is 153 Å². The van der Waals surface area contributed by atoms with Crippen molar-refractivity contribution in [1.82, 2.24) is 5.32 Å². The van der Waals surface area contributed by atoms with Crippen LogP contribution in [0.1, 0.15) is 135 Å². The number of hydrogen-bond acceptors (Lipinski definition) is 10. The van der Waals surface area contributed by atoms with Gasteiger partial charge in [0, 0.05) is 50.1 Å². The highest BCUT2D eigenvalue weighted by atomic mass is 16.5. The summed E-state index contributed by atoms with van der Waals surface area (Å²) in [6.45, 7) is 6.14. The molecule has 4 fully saturated rings. The molecule has 54 heavy (non-hydrogen) atoms. The zero-order chi connectivity index (χ0) is 39.3. The molecule has 4 aliphatic rings. The Bertz CT molecular complexity index is 1610. The van der Waals surface area contributed by atoms with Crippen molar-refractivity contribution in [2.24, 2.45) is 45.0 Å². The largest absolute Gasteiger partial charge is 0.480 e. The third-order valence-electron chi connectivity index (χ3n) is 13.6. The summed E-state index contributed by atoms with van der Waals surface area (Å²) in [5, 5.41) is 24.8. The summed E-state index contributed by atoms with van der Waals surface area (Å²) in [7, 11) is 0. The van der Waals surface area contributed by atoms with Gasteiger partial charge in [-0.25, -0.2) is 9.59 Å². The molecule has 14 heteroatoms. The van der Waals surface area contributed by atoms with Crippen molar-refractivity contribution in [3.05, 3.63) is 34.4 Å². The number of carbonyl (C=O) groups excluding carboxylic acids is 3. The molecule has 0 saturated heterocycles. The first-order valence-electron chi connectivity index (χ1n) is 19.8. The summed E-state index contributed by atoms with van der Waals surface area (Å²) in [5.41, 5.74) is 9.15. The molecule has 0 aliphatic heterocycles. The maximum Gasteiger partial charge on any atom is 0.335 e. The van der Waals surface area contributed by atoms with Gasteiger partial charge in [0.25, 0.3) is 0 Å². The molecule has 1 heterocycles. The quantitative estimate of drug-likeness (QED) is 0.0688. The Morgan fingerprint density at radius 3 is 2.43 bits per heavy atom. The molecular formula is C40H60N4O10. The molecule has 4 saturated carbocycles. The number of aliphatic imine (C=N–C) groups is 1. The van der Waals surface area contributed by atoms with E-state index in [1.165, 1.54) is 19.3 Å². The highest BCUT2D eigenvalue weighted by Gasteiger charge is 2.70. The Morgan fingerprint density at radius 2 is 1.74 bits per heavy atom. The van der Waals surface area contributed by atoms with E-state index >= 15 is 0 Å². The van der Waals surface area contributed by atoms with E-state index in [9.17, 15) is 34.2 Å². The lowest BCUT2D eigenvalue weighted by molar-refractivity contribution is -0.207. The number of nitrogens with zero attached hydrogens (tertiary/aromatic N) is 1. The SMILES string of the molecule is CC(=O)OC1CC2(O)C3CCC4CC(OC(=O)CCCCCCC(=O)NC(CCCN=C(N)N)C(=O)O)CCC4(C)C3CCC2(C)C1c1ccoc(=O)c1. The van der Waals surface area contributed by atoms with Crippen LogP contribution in [-0.2, 0) is 28.7 Å². The number of fused-ring (bicyclic) bond motifs is 5. The van der Waals surface area contributed by atoms with Gasteiger partial charge in [-0.15, -0.1) is 0 Å². The molecule has 10 atom stereocenters. The summed E-state index contributed by atoms with van der Waals surface area (Å²) < 4.78 is 16.9. The number of carboxylic acids is 1. The van der Waals surface area contributed by atoms with Gasteiger partial charge in [0.15, 0.2) is 5.96 Å². The summed E-state index contributed by atoms with van der Waals surface area (Å²) >= 11 is 0. The fourth-order valence-electron chi connectivity index (χ4n) is 11.0. The van der Waals surface area contributed by atoms with E-state index in [0.717, 1.165) is 63.4 Å². The number of rotatable bonds is 16. The van der Waals surface area contributed by atoms with Gasteiger partial charge in [-0.3, -0.25) is 19.4 Å². The number of amides is 1. The number of ether oxygens (including phenoxy) is 2. The Morgan fingerprint density at radius 1 is 1.00 bits per heavy atom. The Kier molecular flexibility index (Phi) is 13.2. The monoisotopic (exact) mass is 756 g/mol. The minimum absolute atomic E-state index is 0.0178. The number of esters is 2. The lowest BCUT2D eigenvalue weighted by atomic mass is 9.43. The number of aliphatic carboxylic acids is 1. The fourth-order valence-corrected chi connectivity index (χ4v) is 11.0. The predicted octanol–water partition coefficient (Wildman–Crippen LogP) is 4.30. The molecule has 1 aromatic heterocycles. The maximum absolute atomic E-state index is 12.9. The van der Waals surface area contributed by atoms with Crippen LogP contribution < -0.4 is 22.4 Å². The predicted molar refractivity (Wildman–Crippen MR) is 199 cm³/mol. The minimum atomic E-state index is -1.10. The fraction of sp³-hybridized carbons (Fsp3) is 0.750. The summed E-state index contributed by atoms with van der Waals surface area (Å²) in [6.07, 6.45) is 10.8. The summed E-state index contributed by atoms with van der Waals surface area (Å²) in [4.78, 5) is 65.0. The number of carboxylic acid groups (broad SMARTS) is 1. The highest BCUT2D eigenvalue weighted by Crippen LogP contribution is 2.71. The van der Waals surface area contributed by atoms with Gasteiger partial charge in [-0.2, -0.15) is 0 Å². The van der Waals surface area contributed by atoms with Crippen LogP contribution in [0, 0.1) is 28.6 Å². The molecule has 4 aliphatic carbocycles. The van der Waals surface area contributed by atoms with Crippen molar-refractivity contribution < 1.29 is 43.3 Å². The van der Waals surface area contributed by atoms with Gasteiger partial charge in [0.2, 0.25) is 5.91 Å². The zero-order valence-electron chi connectivity index (χ0n) is 32.1. The number of guanidine groups is 1. The number of carbonyl (C=O) groups is 4. The smallest absolute Gasteiger partial charge is 0.335 e. The molecule has 1 amide bonds. The summed E-state index contributed by atoms with van der Waals surface area (Å²) in [5.74, 6) is -1.75. The number of aliphatic hydroxyl groups is 1. The minimum Gasteiger partial charge on any atom is -0.480 e. The molecule has 0 radical (unpaired) electrons. The first-order valence-corrected chi connectivity index (χ1v) is 19.8. The van der Waals surface area contributed by atoms with Crippen molar-refractivity contribution >= 4 is 29.8 Å². The van der Waals surface area contributed by atoms with Gasteiger partial charge < -0.3 is 40.9 Å². The van der Waals surface area contributed by atoms with Crippen LogP contribution in [0.2, 0.25) is 0 Å². The van der Waals surface area contributed by atoms with Crippen LogP contribution in [0.25, 0.3) is 0 Å². The van der Waals surface area contributed by atoms with Crippen molar-refractivity contribution in [1.29, 1.82) is 0 Å². The van der Waals surface area contributed by atoms with Crippen LogP contribution in [0.3, 0.4) is 0 Å². The average molecular weight is 757 g/mol. The van der Waals surface area contributed by atoms with Crippen LogP contribution in [0.5, 0.6) is 0 Å². The lowest BCUT2D eigenvalue weighted by Gasteiger charge is -2.63. The topological polar surface area (TPSA) is 234 Å². The molecule has 10 unspecified atom stereocenters. The normalized spacial score (nSPS) is 33.3. The second kappa shape index (κ2) is 17.2. The Hall–Kier alpha value is -3.94. The molecule has 0 bridgehead atoms. The van der Waals surface area contributed by atoms with Gasteiger partial charge in [0.05, 0.1) is 11.9 Å². The van der Waals surface area contributed by atoms with Crippen LogP contribution >= 0.6 is 0 Å². The van der Waals surface area contributed by atoms with E-state index in [2.05, 4.69) is 24.2 Å². The molecule has 0 aromatic carbocycles. The number of unbranched alkanes of at least 4 members (excludes halogenated alkanes) is 3. The second-order valence-corrected chi connectivity index (χ2v) is 16.8. The Labute approximate surface area is 317 Å². The maximum atomic E-state index is 12.9. The van der Waals surface area contributed by atoms with Crippen LogP contribution in [-0.4, -0.2) is 70.4 Å². The third-order valence-corrected chi connectivity index (χ3v) is 13.6. The summed E-state index contributed by atoms with van der Waals surface area (Å²) in [6, 6.07) is 2.24. The molecule has 1 aromatic rings. The number of hydrogen-bond donors (Lipinski definition) is 5. The van der Waals surface area contributed by atoms with Crippen molar-refractivity contribution in [3.8, 4) is 0 Å². The first-order chi connectivity index (χ1) is 25.6. The Balaban J connectivity index is 1.07. The molecule has 5 rings (SSSR count). The third kappa shape index (κ3) is 8.95. The molecular weight excluding hydrogens is 696 g/mol. The number of nitrogens with two attached hydrogens (primary N) is 2. The molecule has 7 N–H and O–H groups in total.